The number of carbonyl (C=O) groups excluding carboxylic acids is 1. The van der Waals surface area contributed by atoms with Crippen LogP contribution in [0.2, 0.25) is 0 Å². The van der Waals surface area contributed by atoms with Gasteiger partial charge in [-0.15, -0.1) is 0 Å². The number of piperidine rings is 1. The van der Waals surface area contributed by atoms with E-state index in [1.165, 1.54) is 30.4 Å². The molecule has 1 saturated carbocycles. The van der Waals surface area contributed by atoms with Crippen molar-refractivity contribution in [1.82, 2.24) is 10.2 Å². The minimum Gasteiger partial charge on any atom is -0.456 e. The van der Waals surface area contributed by atoms with Crippen LogP contribution >= 0.6 is 0 Å². The van der Waals surface area contributed by atoms with Crippen molar-refractivity contribution in [3.63, 3.8) is 0 Å². The number of hydrogen-bond acceptors (Lipinski definition) is 4. The summed E-state index contributed by atoms with van der Waals surface area (Å²) in [6.07, 6.45) is 6.06. The zero-order chi connectivity index (χ0) is 25.0. The highest BCUT2D eigenvalue weighted by Crippen LogP contribution is 2.42. The second-order valence-electron chi connectivity index (χ2n) is 11.6. The molecule has 4 nitrogen and oxygen atoms in total. The van der Waals surface area contributed by atoms with E-state index in [0.717, 1.165) is 19.6 Å². The molecule has 1 N–H and O–H groups in total. The fourth-order valence-corrected chi connectivity index (χ4v) is 5.09. The van der Waals surface area contributed by atoms with Crippen molar-refractivity contribution in [3.05, 3.63) is 76.9 Å². The van der Waals surface area contributed by atoms with Gasteiger partial charge in [0.05, 0.1) is 5.56 Å². The number of benzene rings is 2. The predicted molar refractivity (Wildman–Crippen MR) is 144 cm³/mol. The molecule has 1 saturated heterocycles. The van der Waals surface area contributed by atoms with Gasteiger partial charge in [-0.3, -0.25) is 4.90 Å². The van der Waals surface area contributed by atoms with Gasteiger partial charge in [0.15, 0.2) is 0 Å². The summed E-state index contributed by atoms with van der Waals surface area (Å²) in [5, 5.41) is 3.97. The second-order valence-corrected chi connectivity index (χ2v) is 11.6. The molecule has 4 rings (SSSR count). The maximum Gasteiger partial charge on any atom is 0.338 e. The number of esters is 1. The SMILES string of the molecule is CC(C)/C(=C\c1ccccc1)[C@@H]1CC1NC1CCN(Cc2ccc(C(=O)OC(C)(C)C)cc2)CC1. The molecule has 2 fully saturated rings. The molecule has 0 amide bonds. The van der Waals surface area contributed by atoms with E-state index in [0.29, 0.717) is 29.5 Å². The van der Waals surface area contributed by atoms with E-state index < -0.39 is 5.60 Å². The Bertz CT molecular complexity index is 997. The summed E-state index contributed by atoms with van der Waals surface area (Å²) in [7, 11) is 0. The van der Waals surface area contributed by atoms with E-state index in [9.17, 15) is 4.79 Å². The topological polar surface area (TPSA) is 41.6 Å². The molecule has 0 bridgehead atoms. The highest BCUT2D eigenvalue weighted by Gasteiger charge is 2.41. The van der Waals surface area contributed by atoms with E-state index in [2.05, 4.69) is 72.6 Å². The second kappa shape index (κ2) is 11.1. The number of hydrogen-bond donors (Lipinski definition) is 1. The van der Waals surface area contributed by atoms with Crippen LogP contribution in [-0.4, -0.2) is 41.6 Å². The number of nitrogens with zero attached hydrogens (tertiary/aromatic N) is 1. The summed E-state index contributed by atoms with van der Waals surface area (Å²) >= 11 is 0. The van der Waals surface area contributed by atoms with Crippen molar-refractivity contribution < 1.29 is 9.53 Å². The number of nitrogens with one attached hydrogen (secondary N) is 1. The van der Waals surface area contributed by atoms with Gasteiger partial charge in [-0.25, -0.2) is 4.79 Å². The first-order valence-corrected chi connectivity index (χ1v) is 13.2. The van der Waals surface area contributed by atoms with Crippen LogP contribution in [0.3, 0.4) is 0 Å². The largest absolute Gasteiger partial charge is 0.456 e. The normalized spacial score (nSPS) is 21.8. The quantitative estimate of drug-likeness (QED) is 0.454. The Balaban J connectivity index is 1.23. The molecular formula is C31H42N2O2. The number of likely N-dealkylation sites (tertiary alicyclic amines) is 1. The van der Waals surface area contributed by atoms with Crippen LogP contribution in [-0.2, 0) is 11.3 Å². The van der Waals surface area contributed by atoms with Gasteiger partial charge in [-0.1, -0.05) is 68.0 Å². The Morgan fingerprint density at radius 3 is 2.31 bits per heavy atom. The average Bonchev–Trinajstić information content (AvgIpc) is 3.57. The molecule has 0 aromatic heterocycles. The minimum absolute atomic E-state index is 0.256. The molecule has 35 heavy (non-hydrogen) atoms. The van der Waals surface area contributed by atoms with Crippen molar-refractivity contribution in [2.75, 3.05) is 13.1 Å². The zero-order valence-corrected chi connectivity index (χ0v) is 22.1. The van der Waals surface area contributed by atoms with Gasteiger partial charge in [-0.05, 0) is 88.2 Å². The standard InChI is InChI=1S/C31H42N2O2/c1-22(2)27(19-23-9-7-6-8-10-23)28-20-29(28)32-26-15-17-33(18-16-26)21-24-11-13-25(14-12-24)30(34)35-31(3,4)5/h6-14,19,22,26,28-29,32H,15-18,20-21H2,1-5H3/b27-19+/t28-,29?/m0/s1. The summed E-state index contributed by atoms with van der Waals surface area (Å²) in [5.41, 5.74) is 4.30. The van der Waals surface area contributed by atoms with E-state index in [4.69, 9.17) is 4.74 Å². The number of rotatable bonds is 8. The number of ether oxygens (including phenoxy) is 1. The molecule has 0 spiro atoms. The first-order chi connectivity index (χ1) is 16.7. The molecule has 2 aliphatic rings. The fourth-order valence-electron chi connectivity index (χ4n) is 5.09. The highest BCUT2D eigenvalue weighted by atomic mass is 16.6. The van der Waals surface area contributed by atoms with E-state index in [-0.39, 0.29) is 5.97 Å². The third kappa shape index (κ3) is 7.52. The lowest BCUT2D eigenvalue weighted by atomic mass is 9.95. The van der Waals surface area contributed by atoms with E-state index in [1.54, 1.807) is 5.57 Å². The summed E-state index contributed by atoms with van der Waals surface area (Å²) in [6.45, 7) is 13.5. The lowest BCUT2D eigenvalue weighted by molar-refractivity contribution is 0.00695. The lowest BCUT2D eigenvalue weighted by Gasteiger charge is -2.32. The maximum atomic E-state index is 12.2. The average molecular weight is 475 g/mol. The van der Waals surface area contributed by atoms with Crippen molar-refractivity contribution >= 4 is 12.0 Å². The van der Waals surface area contributed by atoms with Gasteiger partial charge < -0.3 is 10.1 Å². The minimum atomic E-state index is -0.469. The Morgan fingerprint density at radius 2 is 1.71 bits per heavy atom. The van der Waals surface area contributed by atoms with Gasteiger partial charge in [-0.2, -0.15) is 0 Å². The molecule has 0 radical (unpaired) electrons. The van der Waals surface area contributed by atoms with Gasteiger partial charge in [0, 0.05) is 18.6 Å². The van der Waals surface area contributed by atoms with Crippen molar-refractivity contribution in [2.45, 2.75) is 78.1 Å². The lowest BCUT2D eigenvalue weighted by Crippen LogP contribution is -2.43. The molecular weight excluding hydrogens is 432 g/mol. The molecule has 1 heterocycles. The van der Waals surface area contributed by atoms with Crippen molar-refractivity contribution in [3.8, 4) is 0 Å². The Kier molecular flexibility index (Phi) is 8.13. The monoisotopic (exact) mass is 474 g/mol. The van der Waals surface area contributed by atoms with Gasteiger partial charge >= 0.3 is 5.97 Å². The first-order valence-electron chi connectivity index (χ1n) is 13.2. The van der Waals surface area contributed by atoms with Crippen LogP contribution in [0.1, 0.15) is 75.4 Å². The molecule has 2 aromatic carbocycles. The highest BCUT2D eigenvalue weighted by molar-refractivity contribution is 5.89. The van der Waals surface area contributed by atoms with Crippen LogP contribution in [0.4, 0.5) is 0 Å². The van der Waals surface area contributed by atoms with Crippen molar-refractivity contribution in [1.29, 1.82) is 0 Å². The van der Waals surface area contributed by atoms with Crippen LogP contribution in [0.25, 0.3) is 6.08 Å². The first kappa shape index (κ1) is 25.7. The Hall–Kier alpha value is -2.43. The van der Waals surface area contributed by atoms with Crippen LogP contribution in [0.15, 0.2) is 60.2 Å². The molecule has 1 aliphatic heterocycles. The van der Waals surface area contributed by atoms with Gasteiger partial charge in [0.1, 0.15) is 5.60 Å². The summed E-state index contributed by atoms with van der Waals surface area (Å²) < 4.78 is 5.47. The third-order valence-electron chi connectivity index (χ3n) is 7.05. The van der Waals surface area contributed by atoms with Crippen LogP contribution < -0.4 is 5.32 Å². The molecule has 2 aromatic rings. The molecule has 2 atom stereocenters. The van der Waals surface area contributed by atoms with Crippen molar-refractivity contribution in [2.24, 2.45) is 11.8 Å². The van der Waals surface area contributed by atoms with Gasteiger partial charge in [0.2, 0.25) is 0 Å². The zero-order valence-electron chi connectivity index (χ0n) is 22.1. The smallest absolute Gasteiger partial charge is 0.338 e. The fraction of sp³-hybridized carbons (Fsp3) is 0.516. The Labute approximate surface area is 211 Å². The predicted octanol–water partition coefficient (Wildman–Crippen LogP) is 6.32. The molecule has 1 aliphatic carbocycles. The Morgan fingerprint density at radius 1 is 1.06 bits per heavy atom. The summed E-state index contributed by atoms with van der Waals surface area (Å²) in [5.74, 6) is 1.00. The third-order valence-corrected chi connectivity index (χ3v) is 7.05. The number of carbonyl (C=O) groups is 1. The molecule has 1 unspecified atom stereocenters. The molecule has 4 heteroatoms. The summed E-state index contributed by atoms with van der Waals surface area (Å²) in [6, 6.07) is 19.9. The van der Waals surface area contributed by atoms with E-state index >= 15 is 0 Å². The maximum absolute atomic E-state index is 12.2. The summed E-state index contributed by atoms with van der Waals surface area (Å²) in [4.78, 5) is 14.8. The van der Waals surface area contributed by atoms with E-state index in [1.807, 2.05) is 32.9 Å². The van der Waals surface area contributed by atoms with Gasteiger partial charge in [0.25, 0.3) is 0 Å². The van der Waals surface area contributed by atoms with Crippen LogP contribution in [0, 0.1) is 11.8 Å². The van der Waals surface area contributed by atoms with Crippen LogP contribution in [0.5, 0.6) is 0 Å². The molecule has 188 valence electrons.